The second-order valence-corrected chi connectivity index (χ2v) is 6.46. The van der Waals surface area contributed by atoms with Crippen LogP contribution in [0.4, 0.5) is 4.39 Å². The van der Waals surface area contributed by atoms with Crippen LogP contribution in [-0.2, 0) is 11.2 Å². The van der Waals surface area contributed by atoms with Crippen molar-refractivity contribution in [1.29, 1.82) is 0 Å². The quantitative estimate of drug-likeness (QED) is 0.631. The number of hydrogen-bond acceptors (Lipinski definition) is 2. The maximum Gasteiger partial charge on any atom is 0.224 e. The summed E-state index contributed by atoms with van der Waals surface area (Å²) in [5, 5.41) is 3.06. The second-order valence-electron chi connectivity index (χ2n) is 4.89. The molecule has 0 spiro atoms. The topological polar surface area (TPSA) is 29.1 Å². The molecule has 2 aromatic rings. The van der Waals surface area contributed by atoms with Gasteiger partial charge in [0.2, 0.25) is 5.91 Å². The Morgan fingerprint density at radius 1 is 1.23 bits per heavy atom. The van der Waals surface area contributed by atoms with Gasteiger partial charge in [-0.15, -0.1) is 11.8 Å². The lowest BCUT2D eigenvalue weighted by atomic mass is 10.1. The molecule has 0 saturated carbocycles. The van der Waals surface area contributed by atoms with Crippen molar-refractivity contribution in [2.24, 2.45) is 0 Å². The van der Waals surface area contributed by atoms with Crippen molar-refractivity contribution in [1.82, 2.24) is 5.32 Å². The Balaban J connectivity index is 1.75. The van der Waals surface area contributed by atoms with Crippen molar-refractivity contribution in [3.8, 4) is 0 Å². The number of carbonyl (C=O) groups is 1. The van der Waals surface area contributed by atoms with Crippen molar-refractivity contribution in [3.63, 3.8) is 0 Å². The van der Waals surface area contributed by atoms with Crippen molar-refractivity contribution in [2.75, 3.05) is 12.3 Å². The summed E-state index contributed by atoms with van der Waals surface area (Å²) in [7, 11) is 0. The highest BCUT2D eigenvalue weighted by atomic mass is 35.5. The zero-order valence-corrected chi connectivity index (χ0v) is 13.8. The van der Waals surface area contributed by atoms with E-state index in [9.17, 15) is 9.18 Å². The third-order valence-corrected chi connectivity index (χ3v) is 4.48. The van der Waals surface area contributed by atoms with Crippen molar-refractivity contribution < 1.29 is 9.18 Å². The fourth-order valence-corrected chi connectivity index (χ4v) is 2.92. The monoisotopic (exact) mass is 337 g/mol. The van der Waals surface area contributed by atoms with Gasteiger partial charge in [-0.2, -0.15) is 0 Å². The van der Waals surface area contributed by atoms with E-state index < -0.39 is 5.82 Å². The largest absolute Gasteiger partial charge is 0.355 e. The van der Waals surface area contributed by atoms with Crippen molar-refractivity contribution in [3.05, 3.63) is 64.4 Å². The van der Waals surface area contributed by atoms with Gasteiger partial charge in [-0.05, 0) is 31.2 Å². The molecule has 0 bridgehead atoms. The van der Waals surface area contributed by atoms with Crippen LogP contribution in [0.1, 0.15) is 11.1 Å². The summed E-state index contributed by atoms with van der Waals surface area (Å²) in [4.78, 5) is 13.0. The van der Waals surface area contributed by atoms with E-state index in [0.717, 1.165) is 10.6 Å². The lowest BCUT2D eigenvalue weighted by molar-refractivity contribution is -0.120. The summed E-state index contributed by atoms with van der Waals surface area (Å²) in [6.45, 7) is 2.58. The molecule has 0 saturated heterocycles. The summed E-state index contributed by atoms with van der Waals surface area (Å²) >= 11 is 7.57. The zero-order valence-electron chi connectivity index (χ0n) is 12.2. The number of benzene rings is 2. The number of thioether (sulfide) groups is 1. The van der Waals surface area contributed by atoms with E-state index in [2.05, 4.69) is 29.6 Å². The smallest absolute Gasteiger partial charge is 0.224 e. The Kier molecular flexibility index (Phi) is 6.28. The normalized spacial score (nSPS) is 10.5. The first kappa shape index (κ1) is 16.8. The number of amides is 1. The van der Waals surface area contributed by atoms with Crippen LogP contribution in [0.25, 0.3) is 0 Å². The Morgan fingerprint density at radius 2 is 1.95 bits per heavy atom. The average molecular weight is 338 g/mol. The highest BCUT2D eigenvalue weighted by molar-refractivity contribution is 7.99. The van der Waals surface area contributed by atoms with Gasteiger partial charge in [0.05, 0.1) is 6.42 Å². The molecule has 2 rings (SSSR count). The maximum absolute atomic E-state index is 13.6. The number of rotatable bonds is 6. The molecule has 116 valence electrons. The van der Waals surface area contributed by atoms with Gasteiger partial charge in [0.25, 0.3) is 0 Å². The molecule has 0 atom stereocenters. The second kappa shape index (κ2) is 8.20. The maximum atomic E-state index is 13.6. The average Bonchev–Trinajstić information content (AvgIpc) is 2.49. The molecule has 5 heteroatoms. The summed E-state index contributed by atoms with van der Waals surface area (Å²) in [5.41, 5.74) is 1.47. The molecule has 0 aromatic heterocycles. The van der Waals surface area contributed by atoms with E-state index in [1.807, 2.05) is 6.92 Å². The fourth-order valence-electron chi connectivity index (χ4n) is 1.92. The van der Waals surface area contributed by atoms with E-state index >= 15 is 0 Å². The van der Waals surface area contributed by atoms with Crippen LogP contribution in [-0.4, -0.2) is 18.2 Å². The van der Waals surface area contributed by atoms with Crippen LogP contribution < -0.4 is 5.32 Å². The van der Waals surface area contributed by atoms with Crippen LogP contribution in [0.2, 0.25) is 5.02 Å². The molecule has 0 radical (unpaired) electrons. The van der Waals surface area contributed by atoms with Crippen LogP contribution in [0, 0.1) is 12.7 Å². The van der Waals surface area contributed by atoms with Crippen LogP contribution in [0.3, 0.4) is 0 Å². The predicted octanol–water partition coefficient (Wildman–Crippen LogP) is 4.24. The number of carbonyl (C=O) groups excluding carboxylic acids is 1. The zero-order chi connectivity index (χ0) is 15.9. The van der Waals surface area contributed by atoms with Gasteiger partial charge in [-0.3, -0.25) is 4.79 Å². The van der Waals surface area contributed by atoms with E-state index in [1.165, 1.54) is 17.7 Å². The molecule has 1 amide bonds. The highest BCUT2D eigenvalue weighted by Crippen LogP contribution is 2.20. The van der Waals surface area contributed by atoms with Gasteiger partial charge in [0.15, 0.2) is 0 Å². The van der Waals surface area contributed by atoms with Gasteiger partial charge < -0.3 is 5.32 Å². The minimum atomic E-state index is -0.448. The minimum Gasteiger partial charge on any atom is -0.355 e. The lowest BCUT2D eigenvalue weighted by Gasteiger charge is -2.07. The van der Waals surface area contributed by atoms with Gasteiger partial charge in [0.1, 0.15) is 5.82 Å². The summed E-state index contributed by atoms with van der Waals surface area (Å²) in [5.74, 6) is 0.0907. The molecule has 0 aliphatic carbocycles. The Morgan fingerprint density at radius 3 is 2.64 bits per heavy atom. The van der Waals surface area contributed by atoms with E-state index in [0.29, 0.717) is 6.54 Å². The Labute approximate surface area is 139 Å². The standard InChI is InChI=1S/C17H17ClFNOS/c1-12-5-7-13(8-6-12)22-10-9-20-17(21)11-14-15(18)3-2-4-16(14)19/h2-8H,9-11H2,1H3,(H,20,21). The van der Waals surface area contributed by atoms with Gasteiger partial charge >= 0.3 is 0 Å². The number of hydrogen-bond donors (Lipinski definition) is 1. The number of nitrogens with one attached hydrogen (secondary N) is 1. The summed E-state index contributed by atoms with van der Waals surface area (Å²) < 4.78 is 13.6. The van der Waals surface area contributed by atoms with E-state index in [4.69, 9.17) is 11.6 Å². The molecule has 2 nitrogen and oxygen atoms in total. The van der Waals surface area contributed by atoms with Crippen molar-refractivity contribution >= 4 is 29.3 Å². The fraction of sp³-hybridized carbons (Fsp3) is 0.235. The van der Waals surface area contributed by atoms with Gasteiger partial charge in [-0.25, -0.2) is 4.39 Å². The molecule has 22 heavy (non-hydrogen) atoms. The highest BCUT2D eigenvalue weighted by Gasteiger charge is 2.11. The third kappa shape index (κ3) is 5.04. The Bertz CT molecular complexity index is 625. The van der Waals surface area contributed by atoms with E-state index in [-0.39, 0.29) is 22.9 Å². The number of aryl methyl sites for hydroxylation is 1. The summed E-state index contributed by atoms with van der Waals surface area (Å²) in [6, 6.07) is 12.6. The first-order chi connectivity index (χ1) is 10.6. The molecule has 2 aromatic carbocycles. The first-order valence-corrected chi connectivity index (χ1v) is 8.31. The molecule has 0 heterocycles. The Hall–Kier alpha value is -1.52. The third-order valence-electron chi connectivity index (χ3n) is 3.11. The van der Waals surface area contributed by atoms with Crippen LogP contribution in [0.5, 0.6) is 0 Å². The molecule has 0 aliphatic heterocycles. The lowest BCUT2D eigenvalue weighted by Crippen LogP contribution is -2.27. The SMILES string of the molecule is Cc1ccc(SCCNC(=O)Cc2c(F)cccc2Cl)cc1. The summed E-state index contributed by atoms with van der Waals surface area (Å²) in [6.07, 6.45) is -0.0410. The van der Waals surface area contributed by atoms with Gasteiger partial charge in [-0.1, -0.05) is 35.4 Å². The molecule has 1 N–H and O–H groups in total. The van der Waals surface area contributed by atoms with Gasteiger partial charge in [0, 0.05) is 27.8 Å². The molecular formula is C17H17ClFNOS. The molecule has 0 unspecified atom stereocenters. The van der Waals surface area contributed by atoms with Crippen LogP contribution >= 0.6 is 23.4 Å². The first-order valence-electron chi connectivity index (χ1n) is 6.95. The number of halogens is 2. The minimum absolute atomic E-state index is 0.0410. The predicted molar refractivity (Wildman–Crippen MR) is 90.0 cm³/mol. The molecule has 0 aliphatic rings. The molecule has 0 fully saturated rings. The van der Waals surface area contributed by atoms with E-state index in [1.54, 1.807) is 17.8 Å². The van der Waals surface area contributed by atoms with Crippen LogP contribution in [0.15, 0.2) is 47.4 Å². The molecular weight excluding hydrogens is 321 g/mol. The van der Waals surface area contributed by atoms with Crippen molar-refractivity contribution in [2.45, 2.75) is 18.2 Å².